The summed E-state index contributed by atoms with van der Waals surface area (Å²) in [5.74, 6) is -2.10. The topological polar surface area (TPSA) is 242 Å². The van der Waals surface area contributed by atoms with Crippen molar-refractivity contribution in [2.24, 2.45) is 28.7 Å². The van der Waals surface area contributed by atoms with E-state index in [0.717, 1.165) is 12.8 Å². The Morgan fingerprint density at radius 2 is 1.50 bits per heavy atom. The van der Waals surface area contributed by atoms with Crippen molar-refractivity contribution in [3.63, 3.8) is 0 Å². The first-order valence-corrected chi connectivity index (χ1v) is 6.40. The molecule has 0 unspecified atom stereocenters. The van der Waals surface area contributed by atoms with Crippen LogP contribution in [0.5, 0.6) is 0 Å². The third-order valence-corrected chi connectivity index (χ3v) is 2.27. The molecule has 0 aromatic carbocycles. The summed E-state index contributed by atoms with van der Waals surface area (Å²) in [6.45, 7) is 2.22. The summed E-state index contributed by atoms with van der Waals surface area (Å²) >= 11 is 0. The highest BCUT2D eigenvalue weighted by Crippen LogP contribution is 1.97. The van der Waals surface area contributed by atoms with Gasteiger partial charge in [0.2, 0.25) is 0 Å². The molecule has 132 valence electrons. The molecule has 0 bridgehead atoms. The van der Waals surface area contributed by atoms with Crippen molar-refractivity contribution in [3.8, 4) is 0 Å². The van der Waals surface area contributed by atoms with Gasteiger partial charge in [0.25, 0.3) is 0 Å². The predicted molar refractivity (Wildman–Crippen MR) is 79.8 cm³/mol. The minimum Gasteiger partial charge on any atom is -0.480 e. The molecule has 0 rings (SSSR count). The van der Waals surface area contributed by atoms with Crippen LogP contribution in [0.2, 0.25) is 0 Å². The lowest BCUT2D eigenvalue weighted by molar-refractivity contribution is -0.143. The van der Waals surface area contributed by atoms with Crippen molar-refractivity contribution in [3.05, 3.63) is 0 Å². The van der Waals surface area contributed by atoms with Crippen LogP contribution in [0.4, 0.5) is 4.79 Å². The maximum Gasteiger partial charge on any atom is 0.402 e. The van der Waals surface area contributed by atoms with Crippen molar-refractivity contribution in [2.75, 3.05) is 6.54 Å². The lowest BCUT2D eigenvalue weighted by atomic mass is 10.1. The number of carboxylic acid groups (broad SMARTS) is 3. The molecule has 0 aromatic rings. The summed E-state index contributed by atoms with van der Waals surface area (Å²) in [6, 6.07) is -0.716. The molecule has 0 aromatic heterocycles. The van der Waals surface area contributed by atoms with Crippen LogP contribution in [0.3, 0.4) is 0 Å². The van der Waals surface area contributed by atoms with Crippen molar-refractivity contribution < 1.29 is 29.7 Å². The molecule has 11 heteroatoms. The number of amides is 1. The number of carboxylic acids is 2. The van der Waals surface area contributed by atoms with E-state index in [2.05, 4.69) is 5.73 Å². The smallest absolute Gasteiger partial charge is 0.402 e. The van der Waals surface area contributed by atoms with Gasteiger partial charge >= 0.3 is 18.0 Å². The van der Waals surface area contributed by atoms with Gasteiger partial charge in [-0.05, 0) is 25.8 Å². The number of hydrogen-bond donors (Lipinski definition) is 8. The summed E-state index contributed by atoms with van der Waals surface area (Å²) in [5, 5.41) is 23.7. The zero-order valence-electron chi connectivity index (χ0n) is 12.6. The lowest BCUT2D eigenvalue weighted by Crippen LogP contribution is -2.55. The van der Waals surface area contributed by atoms with Gasteiger partial charge in [-0.3, -0.25) is 4.79 Å². The molecular formula is C11H27N5O6. The maximum absolute atomic E-state index is 10.1. The summed E-state index contributed by atoms with van der Waals surface area (Å²) in [4.78, 5) is 28.9. The van der Waals surface area contributed by atoms with E-state index in [1.807, 2.05) is 0 Å². The molecule has 13 N–H and O–H groups in total. The Balaban J connectivity index is -0.000000269. The fourth-order valence-electron chi connectivity index (χ4n) is 0.783. The first-order chi connectivity index (χ1) is 9.92. The highest BCUT2D eigenvalue weighted by Gasteiger charge is 2.25. The Morgan fingerprint density at radius 1 is 1.09 bits per heavy atom. The lowest BCUT2D eigenvalue weighted by Gasteiger charge is -2.14. The monoisotopic (exact) mass is 325 g/mol. The highest BCUT2D eigenvalue weighted by molar-refractivity contribution is 5.77. The van der Waals surface area contributed by atoms with Gasteiger partial charge < -0.3 is 44.0 Å². The summed E-state index contributed by atoms with van der Waals surface area (Å²) < 4.78 is 0. The molecule has 0 aliphatic heterocycles. The SMILES string of the molecule is CCC(N)(N)C(=O)O.NC(=O)O.NCCCC[C@H](N)C(=O)O. The molecule has 1 atom stereocenters. The van der Waals surface area contributed by atoms with E-state index < -0.39 is 29.7 Å². The number of hydrogen-bond acceptors (Lipinski definition) is 7. The second kappa shape index (κ2) is 14.0. The second-order valence-corrected chi connectivity index (χ2v) is 4.27. The summed E-state index contributed by atoms with van der Waals surface area (Å²) in [6.07, 6.45) is 1.07. The van der Waals surface area contributed by atoms with E-state index in [-0.39, 0.29) is 6.42 Å². The van der Waals surface area contributed by atoms with Crippen LogP contribution in [0.15, 0.2) is 0 Å². The third-order valence-electron chi connectivity index (χ3n) is 2.27. The first-order valence-electron chi connectivity index (χ1n) is 6.40. The predicted octanol–water partition coefficient (Wildman–Crippen LogP) is -1.75. The normalized spacial score (nSPS) is 11.1. The molecule has 0 saturated carbocycles. The first kappa shape index (κ1) is 25.0. The Hall–Kier alpha value is -1.95. The van der Waals surface area contributed by atoms with Gasteiger partial charge in [0.05, 0.1) is 0 Å². The highest BCUT2D eigenvalue weighted by atomic mass is 16.4. The van der Waals surface area contributed by atoms with Gasteiger partial charge in [-0.15, -0.1) is 0 Å². The standard InChI is InChI=1S/C6H14N2O2.C4H10N2O2.CH3NO2/c7-4-2-1-3-5(8)6(9)10;1-2-4(5,6)3(7)8;2-1(3)4/h5H,1-4,7-8H2,(H,9,10);2,5-6H2,1H3,(H,7,8);2H2,(H,3,4)/t5-;;/m0../s1. The average Bonchev–Trinajstić information content (AvgIpc) is 2.38. The van der Waals surface area contributed by atoms with Crippen LogP contribution in [0, 0.1) is 0 Å². The van der Waals surface area contributed by atoms with E-state index in [0.29, 0.717) is 13.0 Å². The average molecular weight is 325 g/mol. The number of rotatable bonds is 7. The zero-order chi connectivity index (χ0) is 18.3. The van der Waals surface area contributed by atoms with Crippen LogP contribution < -0.4 is 28.7 Å². The number of aliphatic carboxylic acids is 2. The largest absolute Gasteiger partial charge is 0.480 e. The van der Waals surface area contributed by atoms with Crippen LogP contribution in [0.25, 0.3) is 0 Å². The van der Waals surface area contributed by atoms with Crippen LogP contribution in [-0.2, 0) is 9.59 Å². The number of unbranched alkanes of at least 4 members (excludes halogenated alkanes) is 1. The van der Waals surface area contributed by atoms with Crippen molar-refractivity contribution in [1.82, 2.24) is 0 Å². The van der Waals surface area contributed by atoms with Gasteiger partial charge in [0.1, 0.15) is 6.04 Å². The van der Waals surface area contributed by atoms with Crippen molar-refractivity contribution in [2.45, 2.75) is 44.3 Å². The molecule has 0 aliphatic carbocycles. The van der Waals surface area contributed by atoms with Gasteiger partial charge in [0.15, 0.2) is 5.66 Å². The second-order valence-electron chi connectivity index (χ2n) is 4.27. The fourth-order valence-corrected chi connectivity index (χ4v) is 0.783. The number of nitrogens with two attached hydrogens (primary N) is 5. The molecule has 22 heavy (non-hydrogen) atoms. The molecular weight excluding hydrogens is 298 g/mol. The molecule has 0 heterocycles. The van der Waals surface area contributed by atoms with Gasteiger partial charge in [-0.25, -0.2) is 9.59 Å². The van der Waals surface area contributed by atoms with Crippen LogP contribution in [0.1, 0.15) is 32.6 Å². The van der Waals surface area contributed by atoms with Gasteiger partial charge in [0, 0.05) is 0 Å². The maximum atomic E-state index is 10.1. The molecule has 0 saturated heterocycles. The Labute approximate surface area is 128 Å². The van der Waals surface area contributed by atoms with Crippen molar-refractivity contribution in [1.29, 1.82) is 0 Å². The van der Waals surface area contributed by atoms with E-state index in [9.17, 15) is 9.59 Å². The van der Waals surface area contributed by atoms with Gasteiger partial charge in [-0.2, -0.15) is 0 Å². The van der Waals surface area contributed by atoms with E-state index in [4.69, 9.17) is 43.0 Å². The third kappa shape index (κ3) is 20.4. The molecule has 0 aliphatic rings. The van der Waals surface area contributed by atoms with Crippen LogP contribution in [-0.4, -0.2) is 51.6 Å². The van der Waals surface area contributed by atoms with E-state index in [1.54, 1.807) is 6.92 Å². The molecule has 0 spiro atoms. The van der Waals surface area contributed by atoms with Gasteiger partial charge in [-0.1, -0.05) is 13.3 Å². The zero-order valence-corrected chi connectivity index (χ0v) is 12.6. The molecule has 0 fully saturated rings. The minimum absolute atomic E-state index is 0.238. The van der Waals surface area contributed by atoms with E-state index >= 15 is 0 Å². The number of carbonyl (C=O) groups is 3. The fraction of sp³-hybridized carbons (Fsp3) is 0.727. The summed E-state index contributed by atoms with van der Waals surface area (Å²) in [5.41, 5.74) is 23.0. The molecule has 1 amide bonds. The molecule has 11 nitrogen and oxygen atoms in total. The Bertz CT molecular complexity index is 333. The van der Waals surface area contributed by atoms with Crippen LogP contribution >= 0.6 is 0 Å². The summed E-state index contributed by atoms with van der Waals surface area (Å²) in [7, 11) is 0. The quantitative estimate of drug-likeness (QED) is 0.193. The Kier molecular flexibility index (Phi) is 15.9. The van der Waals surface area contributed by atoms with Crippen molar-refractivity contribution >= 4 is 18.0 Å². The molecule has 0 radical (unpaired) electrons. The van der Waals surface area contributed by atoms with E-state index in [1.165, 1.54) is 0 Å². The Morgan fingerprint density at radius 3 is 1.68 bits per heavy atom. The number of primary amides is 1. The minimum atomic E-state index is -1.54.